The maximum Gasteiger partial charge on any atom is 0.0795 e. The third-order valence-corrected chi connectivity index (χ3v) is 3.66. The van der Waals surface area contributed by atoms with E-state index in [1.54, 1.807) is 0 Å². The van der Waals surface area contributed by atoms with Gasteiger partial charge in [0.05, 0.1) is 18.8 Å². The van der Waals surface area contributed by atoms with E-state index in [-0.39, 0.29) is 12.1 Å². The zero-order valence-corrected chi connectivity index (χ0v) is 9.23. The van der Waals surface area contributed by atoms with Crippen molar-refractivity contribution < 1.29 is 9.84 Å². The van der Waals surface area contributed by atoms with Crippen LogP contribution in [0.15, 0.2) is 24.3 Å². The van der Waals surface area contributed by atoms with E-state index in [2.05, 4.69) is 17.4 Å². The molecule has 3 unspecified atom stereocenters. The Bertz CT molecular complexity index is 349. The maximum atomic E-state index is 10.3. The summed E-state index contributed by atoms with van der Waals surface area (Å²) in [6.45, 7) is 1.50. The summed E-state index contributed by atoms with van der Waals surface area (Å²) >= 11 is 0. The van der Waals surface area contributed by atoms with Crippen molar-refractivity contribution >= 4 is 5.69 Å². The molecule has 0 spiro atoms. The Labute approximate surface area is 95.4 Å². The van der Waals surface area contributed by atoms with E-state index in [9.17, 15) is 5.11 Å². The number of aliphatic hydroxyl groups is 1. The Balaban J connectivity index is 1.70. The van der Waals surface area contributed by atoms with Crippen LogP contribution in [0.5, 0.6) is 0 Å². The number of para-hydroxylation sites is 1. The molecule has 3 rings (SSSR count). The quantitative estimate of drug-likeness (QED) is 0.790. The molecule has 3 heteroatoms. The summed E-state index contributed by atoms with van der Waals surface area (Å²) in [4.78, 5) is 0. The number of fused-ring (bicyclic) bond motifs is 1. The highest BCUT2D eigenvalue weighted by Gasteiger charge is 2.33. The van der Waals surface area contributed by atoms with Gasteiger partial charge >= 0.3 is 0 Å². The molecule has 0 aliphatic carbocycles. The molecular formula is C13H17NO2. The summed E-state index contributed by atoms with van der Waals surface area (Å²) in [5.41, 5.74) is 2.48. The van der Waals surface area contributed by atoms with Gasteiger partial charge in [0, 0.05) is 18.2 Å². The number of nitrogens with one attached hydrogen (secondary N) is 1. The van der Waals surface area contributed by atoms with E-state index in [4.69, 9.17) is 4.74 Å². The van der Waals surface area contributed by atoms with E-state index in [0.29, 0.717) is 12.5 Å². The Morgan fingerprint density at radius 2 is 2.25 bits per heavy atom. The second kappa shape index (κ2) is 4.07. The fraction of sp³-hybridized carbons (Fsp3) is 0.538. The minimum atomic E-state index is -0.296. The first kappa shape index (κ1) is 10.1. The summed E-state index contributed by atoms with van der Waals surface area (Å²) in [5, 5.41) is 13.7. The standard InChI is InChI=1S/C13H17NO2/c15-13(10-5-6-16-8-10)12-7-9-3-1-2-4-11(9)14-12/h1-4,10,12-15H,5-8H2. The number of hydrogen-bond acceptors (Lipinski definition) is 3. The number of hydrogen-bond donors (Lipinski definition) is 2. The van der Waals surface area contributed by atoms with Gasteiger partial charge in [-0.25, -0.2) is 0 Å². The van der Waals surface area contributed by atoms with Crippen LogP contribution >= 0.6 is 0 Å². The van der Waals surface area contributed by atoms with Gasteiger partial charge in [-0.2, -0.15) is 0 Å². The molecule has 0 aromatic heterocycles. The summed E-state index contributed by atoms with van der Waals surface area (Å²) in [5.74, 6) is 0.298. The average molecular weight is 219 g/mol. The Kier molecular flexibility index (Phi) is 2.58. The first-order chi connectivity index (χ1) is 7.84. The summed E-state index contributed by atoms with van der Waals surface area (Å²) < 4.78 is 5.33. The van der Waals surface area contributed by atoms with Crippen LogP contribution in [0.1, 0.15) is 12.0 Å². The van der Waals surface area contributed by atoms with Gasteiger partial charge in [0.1, 0.15) is 0 Å². The summed E-state index contributed by atoms with van der Waals surface area (Å²) in [7, 11) is 0. The van der Waals surface area contributed by atoms with E-state index in [1.807, 2.05) is 12.1 Å². The molecule has 86 valence electrons. The third-order valence-electron chi connectivity index (χ3n) is 3.66. The van der Waals surface area contributed by atoms with Crippen molar-refractivity contribution in [3.63, 3.8) is 0 Å². The average Bonchev–Trinajstić information content (AvgIpc) is 2.97. The van der Waals surface area contributed by atoms with Crippen LogP contribution < -0.4 is 5.32 Å². The number of anilines is 1. The molecule has 0 saturated carbocycles. The number of benzene rings is 1. The van der Waals surface area contributed by atoms with Crippen LogP contribution in [0.2, 0.25) is 0 Å². The predicted octanol–water partition coefficient (Wildman–Crippen LogP) is 1.42. The van der Waals surface area contributed by atoms with E-state index in [1.165, 1.54) is 11.3 Å². The first-order valence-corrected chi connectivity index (χ1v) is 5.95. The molecule has 1 aromatic rings. The van der Waals surface area contributed by atoms with Crippen molar-refractivity contribution in [2.75, 3.05) is 18.5 Å². The van der Waals surface area contributed by atoms with Crippen LogP contribution in [-0.2, 0) is 11.2 Å². The second-order valence-electron chi connectivity index (χ2n) is 4.73. The fourth-order valence-corrected chi connectivity index (χ4v) is 2.68. The molecule has 2 heterocycles. The normalized spacial score (nSPS) is 29.8. The number of rotatable bonds is 2. The van der Waals surface area contributed by atoms with Crippen molar-refractivity contribution in [2.24, 2.45) is 5.92 Å². The molecule has 2 N–H and O–H groups in total. The van der Waals surface area contributed by atoms with E-state index < -0.39 is 0 Å². The molecule has 16 heavy (non-hydrogen) atoms. The predicted molar refractivity (Wildman–Crippen MR) is 62.5 cm³/mol. The summed E-state index contributed by atoms with van der Waals surface area (Å²) in [6, 6.07) is 8.43. The lowest BCUT2D eigenvalue weighted by Crippen LogP contribution is -2.38. The second-order valence-corrected chi connectivity index (χ2v) is 4.73. The van der Waals surface area contributed by atoms with Gasteiger partial charge in [0.15, 0.2) is 0 Å². The number of aliphatic hydroxyl groups excluding tert-OH is 1. The van der Waals surface area contributed by atoms with Gasteiger partial charge in [-0.15, -0.1) is 0 Å². The molecular weight excluding hydrogens is 202 g/mol. The SMILES string of the molecule is OC(C1CCOC1)C1Cc2ccccc2N1. The molecule has 0 bridgehead atoms. The molecule has 1 aromatic carbocycles. The van der Waals surface area contributed by atoms with Crippen LogP contribution in [0, 0.1) is 5.92 Å². The first-order valence-electron chi connectivity index (χ1n) is 5.95. The van der Waals surface area contributed by atoms with Crippen LogP contribution in [0.3, 0.4) is 0 Å². The third kappa shape index (κ3) is 1.70. The largest absolute Gasteiger partial charge is 0.391 e. The van der Waals surface area contributed by atoms with Crippen molar-refractivity contribution in [3.05, 3.63) is 29.8 Å². The molecule has 1 fully saturated rings. The van der Waals surface area contributed by atoms with Gasteiger partial charge in [0.25, 0.3) is 0 Å². The van der Waals surface area contributed by atoms with Gasteiger partial charge in [-0.05, 0) is 24.5 Å². The zero-order chi connectivity index (χ0) is 11.0. The molecule has 2 aliphatic rings. The van der Waals surface area contributed by atoms with E-state index >= 15 is 0 Å². The molecule has 0 radical (unpaired) electrons. The zero-order valence-electron chi connectivity index (χ0n) is 9.23. The molecule has 3 atom stereocenters. The smallest absolute Gasteiger partial charge is 0.0795 e. The number of ether oxygens (including phenoxy) is 1. The van der Waals surface area contributed by atoms with Gasteiger partial charge in [0.2, 0.25) is 0 Å². The molecule has 3 nitrogen and oxygen atoms in total. The minimum absolute atomic E-state index is 0.157. The molecule has 2 aliphatic heterocycles. The lowest BCUT2D eigenvalue weighted by molar-refractivity contribution is 0.0777. The molecule has 1 saturated heterocycles. The van der Waals surface area contributed by atoms with Crippen molar-refractivity contribution in [2.45, 2.75) is 25.0 Å². The highest BCUT2D eigenvalue weighted by molar-refractivity contribution is 5.56. The molecule has 0 amide bonds. The van der Waals surface area contributed by atoms with Gasteiger partial charge in [-0.1, -0.05) is 18.2 Å². The monoisotopic (exact) mass is 219 g/mol. The Hall–Kier alpha value is -1.06. The fourth-order valence-electron chi connectivity index (χ4n) is 2.68. The highest BCUT2D eigenvalue weighted by Crippen LogP contribution is 2.30. The lowest BCUT2D eigenvalue weighted by atomic mass is 9.94. The minimum Gasteiger partial charge on any atom is -0.391 e. The van der Waals surface area contributed by atoms with Crippen molar-refractivity contribution in [1.29, 1.82) is 0 Å². The maximum absolute atomic E-state index is 10.3. The van der Waals surface area contributed by atoms with Crippen LogP contribution in [-0.4, -0.2) is 30.5 Å². The van der Waals surface area contributed by atoms with Crippen LogP contribution in [0.4, 0.5) is 5.69 Å². The Morgan fingerprint density at radius 3 is 3.00 bits per heavy atom. The van der Waals surface area contributed by atoms with Crippen molar-refractivity contribution in [1.82, 2.24) is 0 Å². The Morgan fingerprint density at radius 1 is 1.38 bits per heavy atom. The van der Waals surface area contributed by atoms with Gasteiger partial charge < -0.3 is 15.2 Å². The van der Waals surface area contributed by atoms with E-state index in [0.717, 1.165) is 19.4 Å². The van der Waals surface area contributed by atoms with Crippen molar-refractivity contribution in [3.8, 4) is 0 Å². The highest BCUT2D eigenvalue weighted by atomic mass is 16.5. The van der Waals surface area contributed by atoms with Gasteiger partial charge in [-0.3, -0.25) is 0 Å². The topological polar surface area (TPSA) is 41.5 Å². The summed E-state index contributed by atoms with van der Waals surface area (Å²) in [6.07, 6.45) is 1.61. The lowest BCUT2D eigenvalue weighted by Gasteiger charge is -2.23. The van der Waals surface area contributed by atoms with Crippen LogP contribution in [0.25, 0.3) is 0 Å².